The molecule has 0 saturated carbocycles. The second-order valence-corrected chi connectivity index (χ2v) is 4.54. The van der Waals surface area contributed by atoms with Crippen molar-refractivity contribution in [3.8, 4) is 5.69 Å². The molecule has 2 aromatic heterocycles. The van der Waals surface area contributed by atoms with Gasteiger partial charge in [0.2, 0.25) is 0 Å². The van der Waals surface area contributed by atoms with Crippen LogP contribution < -0.4 is 0 Å². The highest BCUT2D eigenvalue weighted by molar-refractivity contribution is 7.71. The molecule has 0 spiro atoms. The van der Waals surface area contributed by atoms with Gasteiger partial charge in [0.05, 0.1) is 11.4 Å². The van der Waals surface area contributed by atoms with Crippen LogP contribution in [0.15, 0.2) is 6.20 Å². The molecule has 5 nitrogen and oxygen atoms in total. The summed E-state index contributed by atoms with van der Waals surface area (Å²) in [6.07, 6.45) is 1.95. The van der Waals surface area contributed by atoms with Crippen molar-refractivity contribution in [1.29, 1.82) is 0 Å². The van der Waals surface area contributed by atoms with E-state index >= 15 is 0 Å². The fraction of sp³-hybridized carbons (Fsp3) is 0.500. The van der Waals surface area contributed by atoms with Gasteiger partial charge in [0.25, 0.3) is 0 Å². The molecule has 0 saturated heterocycles. The third-order valence-corrected chi connectivity index (χ3v) is 2.72. The molecule has 0 aliphatic heterocycles. The largest absolute Gasteiger partial charge is 0.273 e. The molecule has 0 aromatic carbocycles. The first kappa shape index (κ1) is 11.1. The van der Waals surface area contributed by atoms with Crippen molar-refractivity contribution in [2.24, 2.45) is 7.05 Å². The summed E-state index contributed by atoms with van der Waals surface area (Å²) in [6.45, 7) is 6.15. The van der Waals surface area contributed by atoms with Crippen molar-refractivity contribution < 1.29 is 0 Å². The molecule has 0 aliphatic carbocycles. The summed E-state index contributed by atoms with van der Waals surface area (Å²) in [5.74, 6) is 1.24. The maximum Gasteiger partial charge on any atom is 0.199 e. The molecule has 0 amide bonds. The molecular formula is C10H15N5S. The summed E-state index contributed by atoms with van der Waals surface area (Å²) in [5.41, 5.74) is 1.94. The van der Waals surface area contributed by atoms with Gasteiger partial charge in [-0.15, -0.1) is 0 Å². The highest BCUT2D eigenvalue weighted by Crippen LogP contribution is 2.19. The normalized spacial score (nSPS) is 11.3. The summed E-state index contributed by atoms with van der Waals surface area (Å²) in [4.78, 5) is 0. The molecule has 2 aromatic rings. The van der Waals surface area contributed by atoms with E-state index in [2.05, 4.69) is 29.1 Å². The molecule has 2 heterocycles. The number of aryl methyl sites for hydroxylation is 2. The molecule has 0 aliphatic rings. The van der Waals surface area contributed by atoms with Crippen LogP contribution in [0.5, 0.6) is 0 Å². The van der Waals surface area contributed by atoms with Crippen molar-refractivity contribution in [2.45, 2.75) is 26.7 Å². The van der Waals surface area contributed by atoms with Crippen LogP contribution in [0, 0.1) is 11.7 Å². The highest BCUT2D eigenvalue weighted by atomic mass is 32.1. The van der Waals surface area contributed by atoms with Crippen molar-refractivity contribution in [2.75, 3.05) is 0 Å². The van der Waals surface area contributed by atoms with Gasteiger partial charge in [0.15, 0.2) is 4.77 Å². The van der Waals surface area contributed by atoms with Crippen LogP contribution in [0.2, 0.25) is 0 Å². The minimum absolute atomic E-state index is 0.313. The molecule has 0 radical (unpaired) electrons. The van der Waals surface area contributed by atoms with Crippen LogP contribution in [0.4, 0.5) is 0 Å². The Labute approximate surface area is 99.1 Å². The van der Waals surface area contributed by atoms with Crippen LogP contribution in [0.25, 0.3) is 5.69 Å². The first-order chi connectivity index (χ1) is 7.50. The van der Waals surface area contributed by atoms with Crippen LogP contribution in [-0.4, -0.2) is 24.5 Å². The molecule has 0 bridgehead atoms. The van der Waals surface area contributed by atoms with Crippen molar-refractivity contribution >= 4 is 12.2 Å². The summed E-state index contributed by atoms with van der Waals surface area (Å²) in [7, 11) is 1.90. The van der Waals surface area contributed by atoms with Gasteiger partial charge in [0, 0.05) is 19.2 Å². The minimum atomic E-state index is 0.313. The summed E-state index contributed by atoms with van der Waals surface area (Å²) >= 11 is 5.25. The van der Waals surface area contributed by atoms with Crippen LogP contribution >= 0.6 is 12.2 Å². The number of hydrogen-bond acceptors (Lipinski definition) is 3. The Morgan fingerprint density at radius 2 is 2.12 bits per heavy atom. The van der Waals surface area contributed by atoms with Gasteiger partial charge in [-0.2, -0.15) is 10.2 Å². The van der Waals surface area contributed by atoms with Crippen molar-refractivity contribution in [3.63, 3.8) is 0 Å². The van der Waals surface area contributed by atoms with Crippen LogP contribution in [0.3, 0.4) is 0 Å². The van der Waals surface area contributed by atoms with Gasteiger partial charge >= 0.3 is 0 Å². The lowest BCUT2D eigenvalue weighted by molar-refractivity contribution is 0.742. The Balaban J connectivity index is 2.68. The van der Waals surface area contributed by atoms with E-state index in [0.29, 0.717) is 10.7 Å². The monoisotopic (exact) mass is 237 g/mol. The van der Waals surface area contributed by atoms with E-state index in [4.69, 9.17) is 12.2 Å². The fourth-order valence-electron chi connectivity index (χ4n) is 1.74. The maximum absolute atomic E-state index is 5.25. The van der Waals surface area contributed by atoms with Gasteiger partial charge in [-0.05, 0) is 19.1 Å². The van der Waals surface area contributed by atoms with E-state index in [1.54, 1.807) is 4.68 Å². The van der Waals surface area contributed by atoms with Gasteiger partial charge in [-0.25, -0.2) is 0 Å². The van der Waals surface area contributed by atoms with Crippen molar-refractivity contribution in [3.05, 3.63) is 22.5 Å². The van der Waals surface area contributed by atoms with Gasteiger partial charge < -0.3 is 0 Å². The zero-order chi connectivity index (χ0) is 11.9. The predicted molar refractivity (Wildman–Crippen MR) is 64.3 cm³/mol. The Kier molecular flexibility index (Phi) is 2.67. The average molecular weight is 237 g/mol. The molecule has 0 atom stereocenters. The number of hydrogen-bond donors (Lipinski definition) is 1. The van der Waals surface area contributed by atoms with Gasteiger partial charge in [-0.3, -0.25) is 14.3 Å². The summed E-state index contributed by atoms with van der Waals surface area (Å²) in [6, 6.07) is 0. The zero-order valence-corrected chi connectivity index (χ0v) is 10.7. The van der Waals surface area contributed by atoms with Gasteiger partial charge in [-0.1, -0.05) is 13.8 Å². The first-order valence-electron chi connectivity index (χ1n) is 5.18. The molecule has 6 heteroatoms. The van der Waals surface area contributed by atoms with Crippen LogP contribution in [-0.2, 0) is 7.05 Å². The maximum atomic E-state index is 5.25. The number of rotatable bonds is 2. The van der Waals surface area contributed by atoms with E-state index < -0.39 is 0 Å². The molecule has 0 unspecified atom stereocenters. The summed E-state index contributed by atoms with van der Waals surface area (Å²) in [5, 5.41) is 11.4. The Morgan fingerprint density at radius 3 is 2.62 bits per heavy atom. The number of aromatic amines is 1. The third kappa shape index (κ3) is 1.69. The van der Waals surface area contributed by atoms with Gasteiger partial charge in [0.1, 0.15) is 5.82 Å². The summed E-state index contributed by atoms with van der Waals surface area (Å²) < 4.78 is 4.34. The Hall–Kier alpha value is -1.43. The van der Waals surface area contributed by atoms with E-state index in [1.165, 1.54) is 0 Å². The number of aromatic nitrogens is 5. The third-order valence-electron chi connectivity index (χ3n) is 2.44. The molecule has 16 heavy (non-hydrogen) atoms. The SMILES string of the molecule is Cc1nn(C)cc1-n1c(C(C)C)n[nH]c1=S. The van der Waals surface area contributed by atoms with E-state index in [9.17, 15) is 0 Å². The molecule has 0 fully saturated rings. The number of H-pyrrole nitrogens is 1. The second-order valence-electron chi connectivity index (χ2n) is 4.15. The second kappa shape index (κ2) is 3.86. The van der Waals surface area contributed by atoms with E-state index in [0.717, 1.165) is 17.2 Å². The smallest absolute Gasteiger partial charge is 0.199 e. The first-order valence-corrected chi connectivity index (χ1v) is 5.59. The molecular weight excluding hydrogens is 222 g/mol. The molecule has 2 rings (SSSR count). The molecule has 1 N–H and O–H groups in total. The minimum Gasteiger partial charge on any atom is -0.273 e. The number of nitrogens with zero attached hydrogens (tertiary/aromatic N) is 4. The Morgan fingerprint density at radius 1 is 1.44 bits per heavy atom. The Bertz CT molecular complexity index is 560. The molecule has 86 valence electrons. The van der Waals surface area contributed by atoms with Crippen molar-refractivity contribution in [1.82, 2.24) is 24.5 Å². The zero-order valence-electron chi connectivity index (χ0n) is 9.85. The van der Waals surface area contributed by atoms with E-state index in [-0.39, 0.29) is 0 Å². The number of nitrogens with one attached hydrogen (secondary N) is 1. The lowest BCUT2D eigenvalue weighted by atomic mass is 10.2. The lowest BCUT2D eigenvalue weighted by Gasteiger charge is -2.07. The van der Waals surface area contributed by atoms with E-state index in [1.807, 2.05) is 24.7 Å². The topological polar surface area (TPSA) is 51.4 Å². The average Bonchev–Trinajstić information content (AvgIpc) is 2.69. The lowest BCUT2D eigenvalue weighted by Crippen LogP contribution is -2.03. The highest BCUT2D eigenvalue weighted by Gasteiger charge is 2.15. The predicted octanol–water partition coefficient (Wildman–Crippen LogP) is 2.10. The standard InChI is InChI=1S/C10H15N5S/c1-6(2)9-11-12-10(16)15(9)8-5-14(4)13-7(8)3/h5-6H,1-4H3,(H,12,16). The van der Waals surface area contributed by atoms with Crippen LogP contribution in [0.1, 0.15) is 31.3 Å². The fourth-order valence-corrected chi connectivity index (χ4v) is 1.97. The quantitative estimate of drug-likeness (QED) is 0.814.